The molecule has 1 N–H and O–H groups in total. The fraction of sp³-hybridized carbons (Fsp3) is 0.294. The summed E-state index contributed by atoms with van der Waals surface area (Å²) < 4.78 is 5.83. The lowest BCUT2D eigenvalue weighted by molar-refractivity contribution is -0.139. The number of aliphatic hydroxyl groups excluding tert-OH is 1. The van der Waals surface area contributed by atoms with Crippen LogP contribution < -0.4 is 4.74 Å². The molecule has 1 aliphatic rings. The van der Waals surface area contributed by atoms with Crippen LogP contribution in [0.4, 0.5) is 0 Å². The number of pyridine rings is 1. The van der Waals surface area contributed by atoms with Crippen LogP contribution in [0.3, 0.4) is 0 Å². The molecular weight excluding hydrogens is 280 g/mol. The lowest BCUT2D eigenvalue weighted by atomic mass is 10.1. The molecular formula is C17H18N2O3. The predicted octanol–water partition coefficient (Wildman–Crippen LogP) is 1.79. The van der Waals surface area contributed by atoms with Crippen molar-refractivity contribution in [2.45, 2.75) is 18.6 Å². The van der Waals surface area contributed by atoms with Gasteiger partial charge in [-0.1, -0.05) is 30.3 Å². The Kier molecular flexibility index (Phi) is 4.34. The van der Waals surface area contributed by atoms with Crippen LogP contribution in [0.25, 0.3) is 0 Å². The molecule has 1 aliphatic heterocycles. The van der Waals surface area contributed by atoms with E-state index in [0.717, 1.165) is 12.2 Å². The molecule has 3 rings (SSSR count). The molecule has 114 valence electrons. The number of hydrogen-bond donors (Lipinski definition) is 1. The molecule has 5 nitrogen and oxygen atoms in total. The predicted molar refractivity (Wildman–Crippen MR) is 81.3 cm³/mol. The molecule has 2 unspecified atom stereocenters. The van der Waals surface area contributed by atoms with Gasteiger partial charge in [-0.05, 0) is 17.7 Å². The zero-order chi connectivity index (χ0) is 15.4. The number of aliphatic hydroxyl groups is 1. The minimum Gasteiger partial charge on any atom is -0.488 e. The molecule has 1 saturated heterocycles. The highest BCUT2D eigenvalue weighted by atomic mass is 16.5. The van der Waals surface area contributed by atoms with Crippen molar-refractivity contribution in [1.82, 2.24) is 9.88 Å². The topological polar surface area (TPSA) is 62.7 Å². The van der Waals surface area contributed by atoms with Crippen molar-refractivity contribution in [3.05, 3.63) is 60.4 Å². The number of likely N-dealkylation sites (tertiary alicyclic amines) is 1. The number of amides is 1. The Bertz CT molecular complexity index is 618. The maximum Gasteiger partial charge on any atom is 0.256 e. The normalized spacial score (nSPS) is 19.0. The van der Waals surface area contributed by atoms with Crippen LogP contribution in [-0.2, 0) is 4.79 Å². The summed E-state index contributed by atoms with van der Waals surface area (Å²) >= 11 is 0. The van der Waals surface area contributed by atoms with Gasteiger partial charge in [-0.25, -0.2) is 0 Å². The molecule has 2 aromatic rings. The molecule has 0 bridgehead atoms. The van der Waals surface area contributed by atoms with Crippen LogP contribution in [0.5, 0.6) is 5.75 Å². The summed E-state index contributed by atoms with van der Waals surface area (Å²) in [5, 5.41) is 10.2. The van der Waals surface area contributed by atoms with Gasteiger partial charge in [-0.15, -0.1) is 0 Å². The summed E-state index contributed by atoms with van der Waals surface area (Å²) in [6.07, 6.45) is 2.95. The van der Waals surface area contributed by atoms with Gasteiger partial charge in [0.05, 0.1) is 6.54 Å². The van der Waals surface area contributed by atoms with Crippen LogP contribution in [0, 0.1) is 0 Å². The van der Waals surface area contributed by atoms with E-state index < -0.39 is 6.10 Å². The Labute approximate surface area is 129 Å². The maximum absolute atomic E-state index is 12.4. The average molecular weight is 298 g/mol. The van der Waals surface area contributed by atoms with E-state index in [-0.39, 0.29) is 12.0 Å². The summed E-state index contributed by atoms with van der Waals surface area (Å²) in [4.78, 5) is 18.0. The van der Waals surface area contributed by atoms with Gasteiger partial charge in [-0.2, -0.15) is 0 Å². The highest BCUT2D eigenvalue weighted by Gasteiger charge is 2.31. The van der Waals surface area contributed by atoms with E-state index in [9.17, 15) is 9.90 Å². The molecule has 1 aromatic carbocycles. The molecule has 0 saturated carbocycles. The molecule has 2 atom stereocenters. The third-order valence-corrected chi connectivity index (χ3v) is 3.76. The van der Waals surface area contributed by atoms with Crippen LogP contribution in [-0.4, -0.2) is 40.1 Å². The molecule has 1 fully saturated rings. The van der Waals surface area contributed by atoms with Gasteiger partial charge in [0.15, 0.2) is 6.10 Å². The zero-order valence-corrected chi connectivity index (χ0v) is 12.1. The summed E-state index contributed by atoms with van der Waals surface area (Å²) in [6.45, 7) is 1.09. The van der Waals surface area contributed by atoms with E-state index in [4.69, 9.17) is 4.74 Å². The second-order valence-electron chi connectivity index (χ2n) is 5.31. The van der Waals surface area contributed by atoms with Crippen molar-refractivity contribution >= 4 is 5.91 Å². The summed E-state index contributed by atoms with van der Waals surface area (Å²) in [6, 6.07) is 12.6. The van der Waals surface area contributed by atoms with Gasteiger partial charge in [0.2, 0.25) is 0 Å². The third-order valence-electron chi connectivity index (χ3n) is 3.76. The van der Waals surface area contributed by atoms with E-state index in [1.807, 2.05) is 18.2 Å². The van der Waals surface area contributed by atoms with Gasteiger partial charge in [0, 0.05) is 25.4 Å². The van der Waals surface area contributed by atoms with Crippen molar-refractivity contribution in [1.29, 1.82) is 0 Å². The number of rotatable bonds is 4. The Morgan fingerprint density at radius 3 is 2.68 bits per heavy atom. The first kappa shape index (κ1) is 14.5. The van der Waals surface area contributed by atoms with E-state index in [1.165, 1.54) is 0 Å². The summed E-state index contributed by atoms with van der Waals surface area (Å²) in [5.41, 5.74) is 0.617. The minimum absolute atomic E-state index is 0.0469. The van der Waals surface area contributed by atoms with Gasteiger partial charge in [-0.3, -0.25) is 9.78 Å². The molecule has 5 heteroatoms. The van der Waals surface area contributed by atoms with Gasteiger partial charge >= 0.3 is 0 Å². The number of carbonyl (C=O) groups is 1. The van der Waals surface area contributed by atoms with Crippen molar-refractivity contribution < 1.29 is 14.6 Å². The molecule has 1 aromatic heterocycles. The monoisotopic (exact) mass is 298 g/mol. The van der Waals surface area contributed by atoms with E-state index in [1.54, 1.807) is 41.6 Å². The number of benzene rings is 1. The maximum atomic E-state index is 12.4. The van der Waals surface area contributed by atoms with Crippen molar-refractivity contribution in [3.8, 4) is 5.75 Å². The molecule has 2 heterocycles. The SMILES string of the molecule is O=C(C(O)c1ccccc1)N1CCC(Oc2ccncc2)C1. The van der Waals surface area contributed by atoms with Crippen molar-refractivity contribution in [3.63, 3.8) is 0 Å². The lowest BCUT2D eigenvalue weighted by Crippen LogP contribution is -2.34. The van der Waals surface area contributed by atoms with Crippen LogP contribution >= 0.6 is 0 Å². The Balaban J connectivity index is 1.59. The number of nitrogens with zero attached hydrogens (tertiary/aromatic N) is 2. The first-order valence-corrected chi connectivity index (χ1v) is 7.32. The number of aromatic nitrogens is 1. The van der Waals surface area contributed by atoms with Crippen LogP contribution in [0.2, 0.25) is 0 Å². The number of hydrogen-bond acceptors (Lipinski definition) is 4. The largest absolute Gasteiger partial charge is 0.488 e. The molecule has 1 amide bonds. The summed E-state index contributed by atoms with van der Waals surface area (Å²) in [5.74, 6) is 0.477. The van der Waals surface area contributed by atoms with Crippen molar-refractivity contribution in [2.75, 3.05) is 13.1 Å². The Hall–Kier alpha value is -2.40. The fourth-order valence-corrected chi connectivity index (χ4v) is 2.58. The number of ether oxygens (including phenoxy) is 1. The standard InChI is InChI=1S/C17H18N2O3/c20-16(13-4-2-1-3-5-13)17(21)19-11-8-15(12-19)22-14-6-9-18-10-7-14/h1-7,9-10,15-16,20H,8,11-12H2. The highest BCUT2D eigenvalue weighted by molar-refractivity contribution is 5.82. The van der Waals surface area contributed by atoms with Gasteiger partial charge in [0.25, 0.3) is 5.91 Å². The zero-order valence-electron chi connectivity index (χ0n) is 12.1. The Morgan fingerprint density at radius 2 is 1.95 bits per heavy atom. The first-order valence-electron chi connectivity index (χ1n) is 7.32. The van der Waals surface area contributed by atoms with E-state index in [0.29, 0.717) is 18.7 Å². The molecule has 0 spiro atoms. The second-order valence-corrected chi connectivity index (χ2v) is 5.31. The molecule has 0 aliphatic carbocycles. The molecule has 22 heavy (non-hydrogen) atoms. The average Bonchev–Trinajstić information content (AvgIpc) is 3.04. The lowest BCUT2D eigenvalue weighted by Gasteiger charge is -2.20. The highest BCUT2D eigenvalue weighted by Crippen LogP contribution is 2.21. The van der Waals surface area contributed by atoms with Gasteiger partial charge < -0.3 is 14.7 Å². The quantitative estimate of drug-likeness (QED) is 0.935. The summed E-state index contributed by atoms with van der Waals surface area (Å²) in [7, 11) is 0. The Morgan fingerprint density at radius 1 is 1.23 bits per heavy atom. The smallest absolute Gasteiger partial charge is 0.256 e. The number of carbonyl (C=O) groups excluding carboxylic acids is 1. The second kappa shape index (κ2) is 6.58. The van der Waals surface area contributed by atoms with E-state index in [2.05, 4.69) is 4.98 Å². The van der Waals surface area contributed by atoms with Crippen LogP contribution in [0.15, 0.2) is 54.9 Å². The minimum atomic E-state index is -1.11. The van der Waals surface area contributed by atoms with Gasteiger partial charge in [0.1, 0.15) is 11.9 Å². The first-order chi connectivity index (χ1) is 10.7. The van der Waals surface area contributed by atoms with E-state index >= 15 is 0 Å². The fourth-order valence-electron chi connectivity index (χ4n) is 2.58. The molecule has 0 radical (unpaired) electrons. The van der Waals surface area contributed by atoms with Crippen LogP contribution in [0.1, 0.15) is 18.1 Å². The third kappa shape index (κ3) is 3.26. The van der Waals surface area contributed by atoms with Crippen molar-refractivity contribution in [2.24, 2.45) is 0 Å².